The maximum absolute atomic E-state index is 5.51. The summed E-state index contributed by atoms with van der Waals surface area (Å²) in [5.74, 6) is 0.880. The van der Waals surface area contributed by atoms with Crippen LogP contribution in [0.2, 0.25) is 0 Å². The van der Waals surface area contributed by atoms with Gasteiger partial charge in [0.2, 0.25) is 0 Å². The number of para-hydroxylation sites is 1. The van der Waals surface area contributed by atoms with Crippen LogP contribution in [-0.4, -0.2) is 65.2 Å². The molecule has 0 fully saturated rings. The zero-order valence-corrected chi connectivity index (χ0v) is 12.3. The molecule has 4 heteroatoms. The van der Waals surface area contributed by atoms with Crippen molar-refractivity contribution in [3.63, 3.8) is 0 Å². The summed E-state index contributed by atoms with van der Waals surface area (Å²) in [6.45, 7) is 4.21. The average molecular weight is 268 g/mol. The van der Waals surface area contributed by atoms with Crippen molar-refractivity contribution in [3.05, 3.63) is 30.3 Å². The van der Waals surface area contributed by atoms with Crippen LogP contribution in [-0.2, 0) is 9.47 Å². The van der Waals surface area contributed by atoms with Crippen molar-refractivity contribution in [2.75, 3.05) is 60.7 Å². The van der Waals surface area contributed by atoms with E-state index in [1.165, 1.54) is 0 Å². The van der Waals surface area contributed by atoms with Crippen LogP contribution in [0.25, 0.3) is 0 Å². The molecule has 0 amide bonds. The lowest BCUT2D eigenvalue weighted by Crippen LogP contribution is -2.37. The van der Waals surface area contributed by atoms with Crippen LogP contribution in [0.5, 0.6) is 5.75 Å². The molecule has 0 unspecified atom stereocenters. The molecule has 1 rings (SSSR count). The number of rotatable bonds is 10. The monoisotopic (exact) mass is 268 g/mol. The second kappa shape index (κ2) is 8.91. The minimum Gasteiger partial charge on any atom is -0.491 e. The van der Waals surface area contributed by atoms with Gasteiger partial charge in [0, 0.05) is 0 Å². The van der Waals surface area contributed by atoms with E-state index in [0.29, 0.717) is 26.4 Å². The zero-order valence-electron chi connectivity index (χ0n) is 12.3. The average Bonchev–Trinajstić information content (AvgIpc) is 2.37. The molecular weight excluding hydrogens is 242 g/mol. The van der Waals surface area contributed by atoms with Gasteiger partial charge in [0.25, 0.3) is 0 Å². The van der Waals surface area contributed by atoms with Crippen LogP contribution < -0.4 is 4.74 Å². The fourth-order valence-electron chi connectivity index (χ4n) is 1.40. The number of hydrogen-bond donors (Lipinski definition) is 0. The minimum absolute atomic E-state index is 0.572. The highest BCUT2D eigenvalue weighted by Gasteiger charge is 2.05. The lowest BCUT2D eigenvalue weighted by molar-refractivity contribution is -0.870. The second-order valence-electron chi connectivity index (χ2n) is 5.40. The number of benzene rings is 1. The maximum atomic E-state index is 5.51. The molecule has 0 atom stereocenters. The molecule has 0 heterocycles. The van der Waals surface area contributed by atoms with Crippen molar-refractivity contribution in [2.24, 2.45) is 0 Å². The first-order chi connectivity index (χ1) is 9.08. The van der Waals surface area contributed by atoms with Gasteiger partial charge in [0.1, 0.15) is 18.9 Å². The maximum Gasteiger partial charge on any atom is 0.119 e. The lowest BCUT2D eigenvalue weighted by Gasteiger charge is -2.23. The Hall–Kier alpha value is -1.10. The summed E-state index contributed by atoms with van der Waals surface area (Å²) >= 11 is 0. The van der Waals surface area contributed by atoms with Gasteiger partial charge >= 0.3 is 0 Å². The van der Waals surface area contributed by atoms with Gasteiger partial charge in [-0.3, -0.25) is 0 Å². The van der Waals surface area contributed by atoms with E-state index in [1.54, 1.807) is 0 Å². The Morgan fingerprint density at radius 1 is 0.789 bits per heavy atom. The molecule has 0 saturated carbocycles. The predicted molar refractivity (Wildman–Crippen MR) is 76.5 cm³/mol. The third-order valence-electron chi connectivity index (χ3n) is 2.52. The summed E-state index contributed by atoms with van der Waals surface area (Å²) in [6.07, 6.45) is 0. The van der Waals surface area contributed by atoms with Crippen molar-refractivity contribution in [3.8, 4) is 5.75 Å². The first-order valence-corrected chi connectivity index (χ1v) is 6.72. The number of ether oxygens (including phenoxy) is 3. The quantitative estimate of drug-likeness (QED) is 0.478. The van der Waals surface area contributed by atoms with Gasteiger partial charge in [-0.15, -0.1) is 0 Å². The molecule has 0 aliphatic carbocycles. The number of hydrogen-bond acceptors (Lipinski definition) is 3. The first-order valence-electron chi connectivity index (χ1n) is 6.72. The van der Waals surface area contributed by atoms with Crippen molar-refractivity contribution < 1.29 is 18.7 Å². The molecule has 0 N–H and O–H groups in total. The Morgan fingerprint density at radius 3 is 2.00 bits per heavy atom. The van der Waals surface area contributed by atoms with E-state index in [1.807, 2.05) is 30.3 Å². The van der Waals surface area contributed by atoms with Crippen LogP contribution in [0, 0.1) is 0 Å². The van der Waals surface area contributed by atoms with Crippen LogP contribution >= 0.6 is 0 Å². The van der Waals surface area contributed by atoms with Crippen LogP contribution in [0.1, 0.15) is 0 Å². The summed E-state index contributed by atoms with van der Waals surface area (Å²) in [7, 11) is 6.46. The zero-order chi connectivity index (χ0) is 14.0. The largest absolute Gasteiger partial charge is 0.491 e. The van der Waals surface area contributed by atoms with Gasteiger partial charge in [0.05, 0.1) is 47.6 Å². The molecule has 0 radical (unpaired) electrons. The van der Waals surface area contributed by atoms with E-state index in [4.69, 9.17) is 14.2 Å². The van der Waals surface area contributed by atoms with E-state index in [9.17, 15) is 0 Å². The molecular formula is C15H26NO3+. The Bertz CT molecular complexity index is 322. The van der Waals surface area contributed by atoms with E-state index in [0.717, 1.165) is 23.4 Å². The molecule has 4 nitrogen and oxygen atoms in total. The van der Waals surface area contributed by atoms with Gasteiger partial charge in [0.15, 0.2) is 0 Å². The van der Waals surface area contributed by atoms with Crippen LogP contribution in [0.4, 0.5) is 0 Å². The van der Waals surface area contributed by atoms with Gasteiger partial charge in [-0.05, 0) is 12.1 Å². The van der Waals surface area contributed by atoms with E-state index in [2.05, 4.69) is 21.1 Å². The van der Waals surface area contributed by atoms with E-state index >= 15 is 0 Å². The molecule has 108 valence electrons. The highest BCUT2D eigenvalue weighted by molar-refractivity contribution is 5.20. The van der Waals surface area contributed by atoms with E-state index in [-0.39, 0.29) is 0 Å². The SMILES string of the molecule is C[N+](C)(C)CCOCCOCCOc1ccccc1. The van der Waals surface area contributed by atoms with E-state index < -0.39 is 0 Å². The highest BCUT2D eigenvalue weighted by Crippen LogP contribution is 2.07. The van der Waals surface area contributed by atoms with Crippen LogP contribution in [0.3, 0.4) is 0 Å². The summed E-state index contributed by atoms with van der Waals surface area (Å²) in [5, 5.41) is 0. The number of likely N-dealkylation sites (N-methyl/N-ethyl adjacent to an activating group) is 1. The lowest BCUT2D eigenvalue weighted by atomic mass is 10.3. The molecule has 1 aromatic carbocycles. The van der Waals surface area contributed by atoms with Crippen molar-refractivity contribution in [2.45, 2.75) is 0 Å². The van der Waals surface area contributed by atoms with Crippen molar-refractivity contribution in [1.82, 2.24) is 0 Å². The van der Waals surface area contributed by atoms with Gasteiger partial charge in [-0.1, -0.05) is 18.2 Å². The standard InChI is InChI=1S/C15H26NO3/c1-16(2,3)9-10-17-11-12-18-13-14-19-15-7-5-4-6-8-15/h4-8H,9-14H2,1-3H3/q+1. The molecule has 1 aromatic rings. The fraction of sp³-hybridized carbons (Fsp3) is 0.600. The fourth-order valence-corrected chi connectivity index (χ4v) is 1.40. The summed E-state index contributed by atoms with van der Waals surface area (Å²) in [5.41, 5.74) is 0. The topological polar surface area (TPSA) is 27.7 Å². The number of nitrogens with zero attached hydrogens (tertiary/aromatic N) is 1. The smallest absolute Gasteiger partial charge is 0.119 e. The number of quaternary nitrogens is 1. The van der Waals surface area contributed by atoms with Gasteiger partial charge in [-0.25, -0.2) is 0 Å². The summed E-state index contributed by atoms with van der Waals surface area (Å²) in [6, 6.07) is 9.76. The Balaban J connectivity index is 1.87. The molecule has 0 saturated heterocycles. The summed E-state index contributed by atoms with van der Waals surface area (Å²) < 4.78 is 17.4. The molecule has 0 bridgehead atoms. The minimum atomic E-state index is 0.572. The predicted octanol–water partition coefficient (Wildman–Crippen LogP) is 1.80. The van der Waals surface area contributed by atoms with Crippen molar-refractivity contribution >= 4 is 0 Å². The summed E-state index contributed by atoms with van der Waals surface area (Å²) in [4.78, 5) is 0. The molecule has 0 aliphatic heterocycles. The van der Waals surface area contributed by atoms with Gasteiger partial charge in [-0.2, -0.15) is 0 Å². The Labute approximate surface area is 116 Å². The van der Waals surface area contributed by atoms with Gasteiger partial charge < -0.3 is 18.7 Å². The third-order valence-corrected chi connectivity index (χ3v) is 2.52. The first kappa shape index (κ1) is 16.0. The molecule has 19 heavy (non-hydrogen) atoms. The normalized spacial score (nSPS) is 11.5. The Morgan fingerprint density at radius 2 is 1.37 bits per heavy atom. The third kappa shape index (κ3) is 9.47. The second-order valence-corrected chi connectivity index (χ2v) is 5.40. The molecule has 0 spiro atoms. The molecule has 0 aliphatic rings. The molecule has 0 aromatic heterocycles. The van der Waals surface area contributed by atoms with Crippen LogP contribution in [0.15, 0.2) is 30.3 Å². The van der Waals surface area contributed by atoms with Crippen molar-refractivity contribution in [1.29, 1.82) is 0 Å². The highest BCUT2D eigenvalue weighted by atomic mass is 16.5. The Kier molecular flexibility index (Phi) is 7.48.